The van der Waals surface area contributed by atoms with E-state index in [1.165, 1.54) is 6.42 Å². The molecule has 0 radical (unpaired) electrons. The van der Waals surface area contributed by atoms with Crippen molar-refractivity contribution in [1.29, 1.82) is 0 Å². The predicted octanol–water partition coefficient (Wildman–Crippen LogP) is 2.17. The first-order valence-corrected chi connectivity index (χ1v) is 6.59. The Morgan fingerprint density at radius 3 is 2.71 bits per heavy atom. The molecule has 2 aliphatic rings. The predicted molar refractivity (Wildman–Crippen MR) is 66.7 cm³/mol. The number of fused-ring (bicyclic) bond motifs is 2. The number of carbonyl (C=O) groups is 1. The number of nitrogens with two attached hydrogens (primary N) is 1. The Labute approximate surface area is 103 Å². The molecule has 4 nitrogen and oxygen atoms in total. The monoisotopic (exact) mass is 240 g/mol. The fraction of sp³-hybridized carbons (Fsp3) is 0.923. The zero-order valence-electron chi connectivity index (χ0n) is 11.1. The first-order valence-electron chi connectivity index (χ1n) is 6.59. The van der Waals surface area contributed by atoms with E-state index >= 15 is 0 Å². The van der Waals surface area contributed by atoms with Crippen LogP contribution in [-0.4, -0.2) is 23.3 Å². The highest BCUT2D eigenvalue weighted by molar-refractivity contribution is 5.69. The molecule has 17 heavy (non-hydrogen) atoms. The molecule has 1 amide bonds. The number of hydrogen-bond acceptors (Lipinski definition) is 3. The van der Waals surface area contributed by atoms with Crippen LogP contribution in [0, 0.1) is 5.92 Å². The van der Waals surface area contributed by atoms with Crippen LogP contribution in [-0.2, 0) is 4.74 Å². The van der Waals surface area contributed by atoms with E-state index < -0.39 is 5.60 Å². The second-order valence-electron chi connectivity index (χ2n) is 6.50. The Bertz CT molecular complexity index is 307. The lowest BCUT2D eigenvalue weighted by Gasteiger charge is -2.40. The van der Waals surface area contributed by atoms with Crippen LogP contribution in [0.2, 0.25) is 0 Å². The average molecular weight is 240 g/mol. The van der Waals surface area contributed by atoms with Crippen LogP contribution in [0.25, 0.3) is 0 Å². The van der Waals surface area contributed by atoms with Gasteiger partial charge in [0.15, 0.2) is 0 Å². The summed E-state index contributed by atoms with van der Waals surface area (Å²) >= 11 is 0. The first-order chi connectivity index (χ1) is 7.82. The van der Waals surface area contributed by atoms with Gasteiger partial charge in [-0.15, -0.1) is 0 Å². The van der Waals surface area contributed by atoms with Crippen molar-refractivity contribution in [3.63, 3.8) is 0 Å². The molecule has 0 heterocycles. The van der Waals surface area contributed by atoms with E-state index in [4.69, 9.17) is 10.5 Å². The van der Waals surface area contributed by atoms with Crippen molar-refractivity contribution < 1.29 is 9.53 Å². The molecular weight excluding hydrogens is 216 g/mol. The molecule has 98 valence electrons. The van der Waals surface area contributed by atoms with Gasteiger partial charge in [0.25, 0.3) is 0 Å². The van der Waals surface area contributed by atoms with Crippen LogP contribution in [0.3, 0.4) is 0 Å². The Morgan fingerprint density at radius 1 is 1.35 bits per heavy atom. The Kier molecular flexibility index (Phi) is 3.10. The highest BCUT2D eigenvalue weighted by Gasteiger charge is 2.50. The van der Waals surface area contributed by atoms with Gasteiger partial charge in [-0.05, 0) is 52.4 Å². The van der Waals surface area contributed by atoms with Crippen molar-refractivity contribution >= 4 is 6.09 Å². The fourth-order valence-electron chi connectivity index (χ4n) is 3.25. The maximum absolute atomic E-state index is 11.9. The normalized spacial score (nSPS) is 36.7. The van der Waals surface area contributed by atoms with Crippen LogP contribution in [0.1, 0.15) is 52.9 Å². The average Bonchev–Trinajstić information content (AvgIpc) is 2.38. The number of carbonyl (C=O) groups excluding carboxylic acids is 1. The smallest absolute Gasteiger partial charge is 0.408 e. The molecule has 3 N–H and O–H groups in total. The molecule has 2 bridgehead atoms. The van der Waals surface area contributed by atoms with E-state index in [2.05, 4.69) is 5.32 Å². The molecular formula is C13H24N2O2. The second kappa shape index (κ2) is 4.16. The molecule has 2 rings (SSSR count). The number of nitrogens with one attached hydrogen (secondary N) is 1. The third kappa shape index (κ3) is 2.57. The van der Waals surface area contributed by atoms with Gasteiger partial charge in [0.2, 0.25) is 0 Å². The number of ether oxygens (including phenoxy) is 1. The van der Waals surface area contributed by atoms with E-state index in [-0.39, 0.29) is 17.7 Å². The molecule has 0 spiro atoms. The maximum Gasteiger partial charge on any atom is 0.408 e. The number of hydrogen-bond donors (Lipinski definition) is 2. The minimum absolute atomic E-state index is 0.101. The van der Waals surface area contributed by atoms with Gasteiger partial charge in [-0.2, -0.15) is 0 Å². The molecule has 2 aliphatic carbocycles. The molecule has 3 atom stereocenters. The van der Waals surface area contributed by atoms with Gasteiger partial charge < -0.3 is 15.8 Å². The summed E-state index contributed by atoms with van der Waals surface area (Å²) in [7, 11) is 0. The molecule has 0 aromatic carbocycles. The van der Waals surface area contributed by atoms with Gasteiger partial charge in [-0.1, -0.05) is 6.42 Å². The molecule has 0 aromatic heterocycles. The topological polar surface area (TPSA) is 64.3 Å². The zero-order chi connectivity index (χ0) is 12.7. The maximum atomic E-state index is 11.9. The standard InChI is InChI=1S/C13H24N2O2/c1-12(2,3)17-11(16)15-13-7-4-5-9(6-8-13)10(13)14/h9-10H,4-8,14H2,1-3H3,(H,15,16). The van der Waals surface area contributed by atoms with E-state index in [0.717, 1.165) is 25.7 Å². The van der Waals surface area contributed by atoms with Crippen LogP contribution in [0.15, 0.2) is 0 Å². The summed E-state index contributed by atoms with van der Waals surface area (Å²) in [5.74, 6) is 0.582. The highest BCUT2D eigenvalue weighted by Crippen LogP contribution is 2.44. The molecule has 2 fully saturated rings. The Morgan fingerprint density at radius 2 is 2.06 bits per heavy atom. The van der Waals surface area contributed by atoms with E-state index in [1.807, 2.05) is 20.8 Å². The quantitative estimate of drug-likeness (QED) is 0.738. The SMILES string of the molecule is CC(C)(C)OC(=O)NC12CCCC(CC1)C2N. The minimum atomic E-state index is -0.447. The van der Waals surface area contributed by atoms with Crippen LogP contribution < -0.4 is 11.1 Å². The minimum Gasteiger partial charge on any atom is -0.444 e. The Hall–Kier alpha value is -0.770. The number of amides is 1. The Balaban J connectivity index is 2.00. The first kappa shape index (κ1) is 12.7. The van der Waals surface area contributed by atoms with Crippen molar-refractivity contribution in [2.75, 3.05) is 0 Å². The molecule has 0 saturated heterocycles. The van der Waals surface area contributed by atoms with Crippen LogP contribution in [0.5, 0.6) is 0 Å². The van der Waals surface area contributed by atoms with Crippen LogP contribution >= 0.6 is 0 Å². The van der Waals surface area contributed by atoms with Crippen LogP contribution in [0.4, 0.5) is 4.79 Å². The van der Waals surface area contributed by atoms with Crippen molar-refractivity contribution in [3.8, 4) is 0 Å². The lowest BCUT2D eigenvalue weighted by atomic mass is 9.79. The summed E-state index contributed by atoms with van der Waals surface area (Å²) in [5.41, 5.74) is 5.61. The molecule has 2 saturated carbocycles. The fourth-order valence-corrected chi connectivity index (χ4v) is 3.25. The van der Waals surface area contributed by atoms with Gasteiger partial charge in [0.1, 0.15) is 5.60 Å². The van der Waals surface area contributed by atoms with Crippen molar-refractivity contribution in [1.82, 2.24) is 5.32 Å². The molecule has 4 heteroatoms. The zero-order valence-corrected chi connectivity index (χ0v) is 11.1. The summed E-state index contributed by atoms with van der Waals surface area (Å²) in [6.45, 7) is 5.63. The van der Waals surface area contributed by atoms with Gasteiger partial charge in [-0.3, -0.25) is 0 Å². The summed E-state index contributed by atoms with van der Waals surface area (Å²) in [6.07, 6.45) is 5.17. The van der Waals surface area contributed by atoms with Gasteiger partial charge in [0.05, 0.1) is 5.54 Å². The number of rotatable bonds is 1. The summed E-state index contributed by atoms with van der Waals surface area (Å²) in [4.78, 5) is 11.9. The number of alkyl carbamates (subject to hydrolysis) is 1. The van der Waals surface area contributed by atoms with E-state index in [9.17, 15) is 4.79 Å². The summed E-state index contributed by atoms with van der Waals surface area (Å²) in [5, 5.41) is 3.04. The van der Waals surface area contributed by atoms with Crippen molar-refractivity contribution in [2.45, 2.75) is 70.1 Å². The van der Waals surface area contributed by atoms with Gasteiger partial charge in [0, 0.05) is 6.04 Å². The third-order valence-electron chi connectivity index (χ3n) is 4.05. The van der Waals surface area contributed by atoms with E-state index in [1.54, 1.807) is 0 Å². The second-order valence-corrected chi connectivity index (χ2v) is 6.50. The molecule has 0 aromatic rings. The van der Waals surface area contributed by atoms with Gasteiger partial charge in [-0.25, -0.2) is 4.79 Å². The molecule has 0 aliphatic heterocycles. The lowest BCUT2D eigenvalue weighted by molar-refractivity contribution is 0.0419. The summed E-state index contributed by atoms with van der Waals surface area (Å²) in [6, 6.07) is 0.101. The third-order valence-corrected chi connectivity index (χ3v) is 4.05. The van der Waals surface area contributed by atoms with Gasteiger partial charge >= 0.3 is 6.09 Å². The van der Waals surface area contributed by atoms with E-state index in [0.29, 0.717) is 5.92 Å². The molecule has 3 unspecified atom stereocenters. The van der Waals surface area contributed by atoms with Crippen molar-refractivity contribution in [3.05, 3.63) is 0 Å². The lowest BCUT2D eigenvalue weighted by Crippen LogP contribution is -2.60. The largest absolute Gasteiger partial charge is 0.444 e. The summed E-state index contributed by atoms with van der Waals surface area (Å²) < 4.78 is 5.33. The highest BCUT2D eigenvalue weighted by atomic mass is 16.6. The van der Waals surface area contributed by atoms with Crippen molar-refractivity contribution in [2.24, 2.45) is 11.7 Å².